The molecule has 1 saturated heterocycles. The summed E-state index contributed by atoms with van der Waals surface area (Å²) < 4.78 is 0. The number of hydrogen-bond donors (Lipinski definition) is 1. The van der Waals surface area contributed by atoms with Crippen molar-refractivity contribution in [2.24, 2.45) is 5.73 Å². The van der Waals surface area contributed by atoms with Crippen molar-refractivity contribution >= 4 is 5.91 Å². The largest absolute Gasteiger partial charge is 0.340 e. The fraction of sp³-hybridized carbons (Fsp3) is 0.611. The number of carbonyl (C=O) groups is 1. The van der Waals surface area contributed by atoms with Crippen molar-refractivity contribution in [1.29, 1.82) is 0 Å². The lowest BCUT2D eigenvalue weighted by Gasteiger charge is -2.30. The zero-order chi connectivity index (χ0) is 15.4. The highest BCUT2D eigenvalue weighted by atomic mass is 16.2. The zero-order valence-electron chi connectivity index (χ0n) is 13.3. The van der Waals surface area contributed by atoms with Gasteiger partial charge < -0.3 is 10.6 Å². The van der Waals surface area contributed by atoms with E-state index in [4.69, 9.17) is 5.73 Å². The molecular formula is C18H27N3O. The minimum Gasteiger partial charge on any atom is -0.340 e. The van der Waals surface area contributed by atoms with Crippen LogP contribution in [0.5, 0.6) is 0 Å². The molecule has 1 saturated carbocycles. The van der Waals surface area contributed by atoms with Gasteiger partial charge in [-0.2, -0.15) is 0 Å². The van der Waals surface area contributed by atoms with Gasteiger partial charge in [-0.1, -0.05) is 43.2 Å². The molecule has 0 radical (unpaired) electrons. The topological polar surface area (TPSA) is 49.6 Å². The number of nitrogens with two attached hydrogens (primary N) is 1. The number of nitrogens with zero attached hydrogens (tertiary/aromatic N) is 2. The molecule has 0 bridgehead atoms. The molecule has 0 unspecified atom stereocenters. The minimum atomic E-state index is -0.575. The number of amides is 1. The van der Waals surface area contributed by atoms with Crippen molar-refractivity contribution in [1.82, 2.24) is 9.80 Å². The number of hydrogen-bond acceptors (Lipinski definition) is 3. The molecule has 1 aromatic carbocycles. The van der Waals surface area contributed by atoms with Crippen molar-refractivity contribution in [3.63, 3.8) is 0 Å². The zero-order valence-corrected chi connectivity index (χ0v) is 13.3. The van der Waals surface area contributed by atoms with Crippen LogP contribution in [0, 0.1) is 0 Å². The van der Waals surface area contributed by atoms with Crippen LogP contribution in [0.25, 0.3) is 0 Å². The average molecular weight is 301 g/mol. The molecule has 120 valence electrons. The van der Waals surface area contributed by atoms with E-state index in [1.807, 2.05) is 4.90 Å². The fourth-order valence-electron chi connectivity index (χ4n) is 3.71. The molecule has 22 heavy (non-hydrogen) atoms. The predicted octanol–water partition coefficient (Wildman–Crippen LogP) is 1.99. The first-order valence-corrected chi connectivity index (χ1v) is 8.52. The minimum absolute atomic E-state index is 0.187. The van der Waals surface area contributed by atoms with Gasteiger partial charge in [0.05, 0.1) is 5.54 Å². The number of rotatable bonds is 3. The molecule has 2 N–H and O–H groups in total. The lowest BCUT2D eigenvalue weighted by Crippen LogP contribution is -2.54. The van der Waals surface area contributed by atoms with Gasteiger partial charge in [-0.25, -0.2) is 0 Å². The SMILES string of the molecule is NC1(C(=O)N2CCCN(Cc3ccccc3)CC2)CCCC1. The van der Waals surface area contributed by atoms with Gasteiger partial charge in [-0.3, -0.25) is 9.69 Å². The van der Waals surface area contributed by atoms with Gasteiger partial charge in [-0.15, -0.1) is 0 Å². The van der Waals surface area contributed by atoms with E-state index in [-0.39, 0.29) is 5.91 Å². The maximum Gasteiger partial charge on any atom is 0.242 e. The van der Waals surface area contributed by atoms with Crippen LogP contribution in [0.2, 0.25) is 0 Å². The van der Waals surface area contributed by atoms with Crippen molar-refractivity contribution < 1.29 is 4.79 Å². The summed E-state index contributed by atoms with van der Waals surface area (Å²) in [6.07, 6.45) is 4.94. The van der Waals surface area contributed by atoms with Gasteiger partial charge in [-0.05, 0) is 24.8 Å². The number of carbonyl (C=O) groups excluding carboxylic acids is 1. The second-order valence-corrected chi connectivity index (χ2v) is 6.77. The predicted molar refractivity (Wildman–Crippen MR) is 88.3 cm³/mol. The second-order valence-electron chi connectivity index (χ2n) is 6.77. The number of benzene rings is 1. The molecule has 2 aliphatic rings. The van der Waals surface area contributed by atoms with E-state index >= 15 is 0 Å². The van der Waals surface area contributed by atoms with Crippen LogP contribution in [-0.2, 0) is 11.3 Å². The van der Waals surface area contributed by atoms with Crippen LogP contribution in [-0.4, -0.2) is 47.4 Å². The van der Waals surface area contributed by atoms with E-state index in [2.05, 4.69) is 35.2 Å². The highest BCUT2D eigenvalue weighted by Gasteiger charge is 2.40. The Balaban J connectivity index is 1.57. The Labute approximate surface area is 133 Å². The van der Waals surface area contributed by atoms with Crippen LogP contribution >= 0.6 is 0 Å². The van der Waals surface area contributed by atoms with Crippen LogP contribution in [0.1, 0.15) is 37.7 Å². The first kappa shape index (κ1) is 15.5. The molecule has 1 amide bonds. The molecular weight excluding hydrogens is 274 g/mol. The summed E-state index contributed by atoms with van der Waals surface area (Å²) in [5.41, 5.74) is 7.10. The molecule has 0 aromatic heterocycles. The van der Waals surface area contributed by atoms with E-state index in [1.165, 1.54) is 5.56 Å². The Hall–Kier alpha value is -1.39. The Morgan fingerprint density at radius 1 is 1.00 bits per heavy atom. The Kier molecular flexibility index (Phi) is 4.79. The average Bonchev–Trinajstić information content (AvgIpc) is 2.86. The van der Waals surface area contributed by atoms with E-state index < -0.39 is 5.54 Å². The van der Waals surface area contributed by atoms with Crippen LogP contribution in [0.15, 0.2) is 30.3 Å². The first-order valence-electron chi connectivity index (χ1n) is 8.52. The monoisotopic (exact) mass is 301 g/mol. The molecule has 2 fully saturated rings. The van der Waals surface area contributed by atoms with Gasteiger partial charge in [0.25, 0.3) is 0 Å². The standard InChI is InChI=1S/C18H27N3O/c19-18(9-4-5-10-18)17(22)21-12-6-11-20(13-14-21)15-16-7-2-1-3-8-16/h1-3,7-8H,4-6,9-15,19H2. The van der Waals surface area contributed by atoms with Gasteiger partial charge in [0.1, 0.15) is 0 Å². The van der Waals surface area contributed by atoms with Gasteiger partial charge >= 0.3 is 0 Å². The van der Waals surface area contributed by atoms with Crippen molar-refractivity contribution in [2.45, 2.75) is 44.2 Å². The molecule has 4 heteroatoms. The van der Waals surface area contributed by atoms with E-state index in [9.17, 15) is 4.79 Å². The summed E-state index contributed by atoms with van der Waals surface area (Å²) in [7, 11) is 0. The van der Waals surface area contributed by atoms with Crippen molar-refractivity contribution in [3.8, 4) is 0 Å². The smallest absolute Gasteiger partial charge is 0.242 e. The van der Waals surface area contributed by atoms with Crippen LogP contribution in [0.4, 0.5) is 0 Å². The summed E-state index contributed by atoms with van der Waals surface area (Å²) in [6.45, 7) is 4.62. The highest BCUT2D eigenvalue weighted by Crippen LogP contribution is 2.29. The summed E-state index contributed by atoms with van der Waals surface area (Å²) in [5, 5.41) is 0. The van der Waals surface area contributed by atoms with Crippen LogP contribution in [0.3, 0.4) is 0 Å². The Morgan fingerprint density at radius 3 is 2.45 bits per heavy atom. The molecule has 3 rings (SSSR count). The normalized spacial score (nSPS) is 22.5. The fourth-order valence-corrected chi connectivity index (χ4v) is 3.71. The van der Waals surface area contributed by atoms with Crippen molar-refractivity contribution in [3.05, 3.63) is 35.9 Å². The van der Waals surface area contributed by atoms with Gasteiger partial charge in [0.2, 0.25) is 5.91 Å². The lowest BCUT2D eigenvalue weighted by molar-refractivity contribution is -0.136. The summed E-state index contributed by atoms with van der Waals surface area (Å²) >= 11 is 0. The highest BCUT2D eigenvalue weighted by molar-refractivity contribution is 5.86. The van der Waals surface area contributed by atoms with E-state index in [1.54, 1.807) is 0 Å². The quantitative estimate of drug-likeness (QED) is 0.929. The van der Waals surface area contributed by atoms with Crippen molar-refractivity contribution in [2.75, 3.05) is 26.2 Å². The van der Waals surface area contributed by atoms with E-state index in [0.717, 1.165) is 64.8 Å². The van der Waals surface area contributed by atoms with Crippen LogP contribution < -0.4 is 5.73 Å². The van der Waals surface area contributed by atoms with Gasteiger partial charge in [0.15, 0.2) is 0 Å². The molecule has 1 aliphatic heterocycles. The van der Waals surface area contributed by atoms with E-state index in [0.29, 0.717) is 0 Å². The summed E-state index contributed by atoms with van der Waals surface area (Å²) in [4.78, 5) is 17.2. The molecule has 4 nitrogen and oxygen atoms in total. The molecule has 1 heterocycles. The third-order valence-corrected chi connectivity index (χ3v) is 5.05. The maximum atomic E-state index is 12.7. The lowest BCUT2D eigenvalue weighted by atomic mass is 9.97. The Morgan fingerprint density at radius 2 is 1.73 bits per heavy atom. The summed E-state index contributed by atoms with van der Waals surface area (Å²) in [6, 6.07) is 10.6. The summed E-state index contributed by atoms with van der Waals surface area (Å²) in [5.74, 6) is 0.187. The third kappa shape index (κ3) is 3.50. The molecule has 1 aliphatic carbocycles. The molecule has 0 spiro atoms. The van der Waals surface area contributed by atoms with Gasteiger partial charge in [0, 0.05) is 32.7 Å². The molecule has 1 aromatic rings. The molecule has 0 atom stereocenters. The second kappa shape index (κ2) is 6.80. The third-order valence-electron chi connectivity index (χ3n) is 5.05. The first-order chi connectivity index (χ1) is 10.7. The Bertz CT molecular complexity index is 496. The maximum absolute atomic E-state index is 12.7.